The summed E-state index contributed by atoms with van der Waals surface area (Å²) in [6.07, 6.45) is 2.25. The summed E-state index contributed by atoms with van der Waals surface area (Å²) in [6, 6.07) is 10.4. The highest BCUT2D eigenvalue weighted by atomic mass is 32.2. The van der Waals surface area contributed by atoms with E-state index in [1.54, 1.807) is 29.6 Å². The molecule has 1 fully saturated rings. The minimum absolute atomic E-state index is 0.279. The van der Waals surface area contributed by atoms with Crippen molar-refractivity contribution in [3.8, 4) is 11.4 Å². The molecule has 0 spiro atoms. The van der Waals surface area contributed by atoms with Crippen molar-refractivity contribution in [2.45, 2.75) is 23.0 Å². The first kappa shape index (κ1) is 14.4. The molecule has 1 saturated carbocycles. The van der Waals surface area contributed by atoms with Gasteiger partial charge in [-0.25, -0.2) is 13.4 Å². The van der Waals surface area contributed by atoms with Crippen molar-refractivity contribution in [3.05, 3.63) is 47.6 Å². The van der Waals surface area contributed by atoms with Crippen LogP contribution in [0.3, 0.4) is 0 Å². The van der Waals surface area contributed by atoms with E-state index in [0.717, 1.165) is 18.7 Å². The summed E-state index contributed by atoms with van der Waals surface area (Å²) in [5.74, 6) is 1.85. The maximum Gasteiger partial charge on any atom is 0.271 e. The number of sulfonamides is 1. The number of aromatic amines is 1. The molecular formula is C15H14N4O2S2. The van der Waals surface area contributed by atoms with Crippen LogP contribution in [0.1, 0.15) is 24.6 Å². The number of hydrogen-bond donors (Lipinski definition) is 2. The van der Waals surface area contributed by atoms with Crippen molar-refractivity contribution in [1.82, 2.24) is 15.2 Å². The third-order valence-electron chi connectivity index (χ3n) is 3.64. The van der Waals surface area contributed by atoms with Gasteiger partial charge in [-0.05, 0) is 36.4 Å². The quantitative estimate of drug-likeness (QED) is 0.742. The summed E-state index contributed by atoms with van der Waals surface area (Å²) in [7, 11) is -3.59. The van der Waals surface area contributed by atoms with E-state index < -0.39 is 10.0 Å². The fourth-order valence-corrected chi connectivity index (χ4v) is 4.39. The molecule has 23 heavy (non-hydrogen) atoms. The molecule has 3 aromatic rings. The normalized spacial score (nSPS) is 14.8. The predicted molar refractivity (Wildman–Crippen MR) is 88.9 cm³/mol. The minimum atomic E-state index is -3.59. The standard InChI is InChI=1S/C15H14N4O2S2/c20-23(21,13-6-3-9-22-13)19-12-5-2-1-4-11(12)15-16-14(17-18-15)10-7-8-10/h1-6,9-10,19H,7-8H2,(H,16,17,18). The number of benzene rings is 1. The first-order valence-electron chi connectivity index (χ1n) is 7.21. The maximum absolute atomic E-state index is 12.4. The van der Waals surface area contributed by atoms with E-state index in [9.17, 15) is 8.42 Å². The molecule has 0 atom stereocenters. The van der Waals surface area contributed by atoms with Gasteiger partial charge in [-0.3, -0.25) is 9.82 Å². The molecule has 1 aliphatic rings. The van der Waals surface area contributed by atoms with Crippen molar-refractivity contribution in [2.24, 2.45) is 0 Å². The predicted octanol–water partition coefficient (Wildman–Crippen LogP) is 3.21. The Morgan fingerprint density at radius 1 is 1.17 bits per heavy atom. The van der Waals surface area contributed by atoms with Gasteiger partial charge in [0.2, 0.25) is 0 Å². The Morgan fingerprint density at radius 3 is 2.74 bits per heavy atom. The lowest BCUT2D eigenvalue weighted by Crippen LogP contribution is -2.12. The zero-order chi connectivity index (χ0) is 15.9. The van der Waals surface area contributed by atoms with Crippen LogP contribution in [-0.4, -0.2) is 23.6 Å². The Morgan fingerprint density at radius 2 is 2.00 bits per heavy atom. The van der Waals surface area contributed by atoms with Crippen LogP contribution in [-0.2, 0) is 10.0 Å². The molecular weight excluding hydrogens is 332 g/mol. The zero-order valence-electron chi connectivity index (χ0n) is 12.1. The van der Waals surface area contributed by atoms with Crippen LogP contribution in [0.5, 0.6) is 0 Å². The Bertz CT molecular complexity index is 928. The van der Waals surface area contributed by atoms with Crippen LogP contribution in [0.2, 0.25) is 0 Å². The van der Waals surface area contributed by atoms with Gasteiger partial charge in [-0.1, -0.05) is 18.2 Å². The number of para-hydroxylation sites is 1. The molecule has 0 unspecified atom stereocenters. The average Bonchev–Trinajstić information content (AvgIpc) is 3.05. The van der Waals surface area contributed by atoms with Crippen LogP contribution in [0, 0.1) is 0 Å². The highest BCUT2D eigenvalue weighted by Gasteiger charge is 2.27. The minimum Gasteiger partial charge on any atom is -0.278 e. The fraction of sp³-hybridized carbons (Fsp3) is 0.200. The molecule has 2 aromatic heterocycles. The summed E-state index contributed by atoms with van der Waals surface area (Å²) in [4.78, 5) is 4.50. The molecule has 0 radical (unpaired) electrons. The summed E-state index contributed by atoms with van der Waals surface area (Å²) < 4.78 is 27.7. The molecule has 118 valence electrons. The van der Waals surface area contributed by atoms with Crippen LogP contribution in [0.4, 0.5) is 5.69 Å². The highest BCUT2D eigenvalue weighted by Crippen LogP contribution is 2.39. The Hall–Kier alpha value is -2.19. The van der Waals surface area contributed by atoms with Gasteiger partial charge in [0.1, 0.15) is 10.0 Å². The second-order valence-corrected chi connectivity index (χ2v) is 8.26. The summed E-state index contributed by atoms with van der Waals surface area (Å²) in [5, 5.41) is 8.91. The van der Waals surface area contributed by atoms with Gasteiger partial charge in [0.15, 0.2) is 5.82 Å². The van der Waals surface area contributed by atoms with Crippen LogP contribution >= 0.6 is 11.3 Å². The first-order valence-corrected chi connectivity index (χ1v) is 9.58. The molecule has 2 N–H and O–H groups in total. The summed E-state index contributed by atoms with van der Waals surface area (Å²) in [5.41, 5.74) is 1.14. The lowest BCUT2D eigenvalue weighted by atomic mass is 10.2. The van der Waals surface area contributed by atoms with Gasteiger partial charge in [0.05, 0.1) is 5.69 Å². The molecule has 1 aromatic carbocycles. The molecule has 8 heteroatoms. The van der Waals surface area contributed by atoms with Crippen molar-refractivity contribution in [2.75, 3.05) is 4.72 Å². The first-order chi connectivity index (χ1) is 11.1. The monoisotopic (exact) mass is 346 g/mol. The Kier molecular flexibility index (Phi) is 3.42. The van der Waals surface area contributed by atoms with E-state index in [4.69, 9.17) is 0 Å². The Balaban J connectivity index is 1.69. The topological polar surface area (TPSA) is 87.7 Å². The van der Waals surface area contributed by atoms with Crippen LogP contribution in [0.15, 0.2) is 46.0 Å². The molecule has 1 aliphatic carbocycles. The van der Waals surface area contributed by atoms with E-state index >= 15 is 0 Å². The van der Waals surface area contributed by atoms with Crippen LogP contribution < -0.4 is 4.72 Å². The third-order valence-corrected chi connectivity index (χ3v) is 6.40. The summed E-state index contributed by atoms with van der Waals surface area (Å²) >= 11 is 1.18. The van der Waals surface area contributed by atoms with Gasteiger partial charge < -0.3 is 0 Å². The van der Waals surface area contributed by atoms with E-state index in [2.05, 4.69) is 19.9 Å². The third kappa shape index (κ3) is 2.87. The van der Waals surface area contributed by atoms with E-state index in [1.165, 1.54) is 11.3 Å². The maximum atomic E-state index is 12.4. The average molecular weight is 346 g/mol. The van der Waals surface area contributed by atoms with Crippen LogP contribution in [0.25, 0.3) is 11.4 Å². The molecule has 0 amide bonds. The number of hydrogen-bond acceptors (Lipinski definition) is 5. The lowest BCUT2D eigenvalue weighted by Gasteiger charge is -2.09. The number of anilines is 1. The smallest absolute Gasteiger partial charge is 0.271 e. The molecule has 0 aliphatic heterocycles. The van der Waals surface area contributed by atoms with Gasteiger partial charge in [0, 0.05) is 11.5 Å². The number of H-pyrrole nitrogens is 1. The van der Waals surface area contributed by atoms with Gasteiger partial charge in [-0.2, -0.15) is 5.10 Å². The number of nitrogens with one attached hydrogen (secondary N) is 2. The second kappa shape index (κ2) is 5.47. The number of nitrogens with zero attached hydrogens (tertiary/aromatic N) is 2. The van der Waals surface area contributed by atoms with Crippen molar-refractivity contribution >= 4 is 27.0 Å². The number of aromatic nitrogens is 3. The van der Waals surface area contributed by atoms with E-state index in [0.29, 0.717) is 23.0 Å². The largest absolute Gasteiger partial charge is 0.278 e. The second-order valence-electron chi connectivity index (χ2n) is 5.40. The van der Waals surface area contributed by atoms with Crippen molar-refractivity contribution < 1.29 is 8.42 Å². The van der Waals surface area contributed by atoms with Gasteiger partial charge >= 0.3 is 0 Å². The molecule has 4 rings (SSSR count). The molecule has 6 nitrogen and oxygen atoms in total. The number of thiophene rings is 1. The van der Waals surface area contributed by atoms with Gasteiger partial charge in [-0.15, -0.1) is 11.3 Å². The summed E-state index contributed by atoms with van der Waals surface area (Å²) in [6.45, 7) is 0. The van der Waals surface area contributed by atoms with E-state index in [1.807, 2.05) is 12.1 Å². The van der Waals surface area contributed by atoms with Crippen molar-refractivity contribution in [3.63, 3.8) is 0 Å². The van der Waals surface area contributed by atoms with E-state index in [-0.39, 0.29) is 4.21 Å². The highest BCUT2D eigenvalue weighted by molar-refractivity contribution is 7.94. The number of rotatable bonds is 5. The zero-order valence-corrected chi connectivity index (χ0v) is 13.7. The molecule has 0 saturated heterocycles. The fourth-order valence-electron chi connectivity index (χ4n) is 2.31. The molecule has 0 bridgehead atoms. The SMILES string of the molecule is O=S(=O)(Nc1ccccc1-c1n[nH]c(C2CC2)n1)c1cccs1. The lowest BCUT2D eigenvalue weighted by molar-refractivity contribution is 0.603. The van der Waals surface area contributed by atoms with Crippen molar-refractivity contribution in [1.29, 1.82) is 0 Å². The Labute approximate surface area is 137 Å². The molecule has 2 heterocycles. The van der Waals surface area contributed by atoms with Gasteiger partial charge in [0.25, 0.3) is 10.0 Å².